The number of hydrogen-bond acceptors (Lipinski definition) is 4. The van der Waals surface area contributed by atoms with E-state index in [2.05, 4.69) is 20.3 Å². The van der Waals surface area contributed by atoms with Gasteiger partial charge in [0, 0.05) is 65.8 Å². The third kappa shape index (κ3) is 6.94. The Morgan fingerprint density at radius 2 is 2.12 bits per heavy atom. The molecule has 1 fully saturated rings. The second-order valence-corrected chi connectivity index (χ2v) is 5.83. The number of guanidine groups is 1. The Hall–Kier alpha value is -0.870. The number of aromatic nitrogens is 2. The van der Waals surface area contributed by atoms with Crippen LogP contribution in [0, 0.1) is 0 Å². The Labute approximate surface area is 161 Å². The van der Waals surface area contributed by atoms with Crippen molar-refractivity contribution >= 4 is 29.9 Å². The molecule has 0 aromatic carbocycles. The molecule has 1 aliphatic rings. The van der Waals surface area contributed by atoms with Crippen molar-refractivity contribution in [2.75, 3.05) is 40.5 Å². The summed E-state index contributed by atoms with van der Waals surface area (Å²) in [5.41, 5.74) is 1.16. The van der Waals surface area contributed by atoms with Crippen molar-refractivity contribution in [2.45, 2.75) is 31.9 Å². The number of nitrogens with zero attached hydrogens (tertiary/aromatic N) is 4. The van der Waals surface area contributed by atoms with Gasteiger partial charge >= 0.3 is 0 Å². The molecule has 0 amide bonds. The number of rotatable bonds is 7. The molecule has 0 bridgehead atoms. The van der Waals surface area contributed by atoms with Gasteiger partial charge in [-0.15, -0.1) is 24.0 Å². The van der Waals surface area contributed by atoms with E-state index in [1.807, 2.05) is 31.2 Å². The van der Waals surface area contributed by atoms with Crippen LogP contribution in [0.1, 0.15) is 24.8 Å². The minimum Gasteiger partial charge on any atom is -0.385 e. The van der Waals surface area contributed by atoms with Crippen molar-refractivity contribution in [3.8, 4) is 0 Å². The van der Waals surface area contributed by atoms with Gasteiger partial charge in [-0.3, -0.25) is 9.67 Å². The van der Waals surface area contributed by atoms with Crippen LogP contribution in [-0.4, -0.2) is 67.2 Å². The third-order valence-electron chi connectivity index (χ3n) is 4.01. The number of methoxy groups -OCH3 is 1. The van der Waals surface area contributed by atoms with Gasteiger partial charge in [-0.1, -0.05) is 0 Å². The minimum atomic E-state index is 0. The maximum absolute atomic E-state index is 5.90. The lowest BCUT2D eigenvalue weighted by Crippen LogP contribution is -2.46. The first-order chi connectivity index (χ1) is 11.2. The summed E-state index contributed by atoms with van der Waals surface area (Å²) in [7, 11) is 5.48. The van der Waals surface area contributed by atoms with Gasteiger partial charge in [-0.05, 0) is 19.3 Å². The number of piperidine rings is 1. The molecule has 0 atom stereocenters. The van der Waals surface area contributed by atoms with Crippen LogP contribution in [0.3, 0.4) is 0 Å². The number of likely N-dealkylation sites (tertiary alicyclic amines) is 1. The van der Waals surface area contributed by atoms with Gasteiger partial charge in [-0.25, -0.2) is 0 Å². The Bertz CT molecular complexity index is 487. The highest BCUT2D eigenvalue weighted by atomic mass is 127. The van der Waals surface area contributed by atoms with E-state index in [4.69, 9.17) is 9.47 Å². The van der Waals surface area contributed by atoms with Crippen molar-refractivity contribution in [3.63, 3.8) is 0 Å². The summed E-state index contributed by atoms with van der Waals surface area (Å²) < 4.78 is 12.8. The van der Waals surface area contributed by atoms with Crippen LogP contribution >= 0.6 is 24.0 Å². The highest BCUT2D eigenvalue weighted by Gasteiger charge is 2.21. The van der Waals surface area contributed by atoms with Crippen LogP contribution in [0.5, 0.6) is 0 Å². The lowest BCUT2D eigenvalue weighted by atomic mass is 10.1. The second kappa shape index (κ2) is 11.6. The molecule has 1 aliphatic heterocycles. The standard InChI is InChI=1S/C16H29N5O2.HI/c1-17-16(18-11-14-12-19-20(2)13-14)21-7-5-15(6-8-21)23-10-4-9-22-3;/h12-13,15H,4-11H2,1-3H3,(H,17,18);1H. The number of hydrogen-bond donors (Lipinski definition) is 1. The molecule has 0 unspecified atom stereocenters. The highest BCUT2D eigenvalue weighted by molar-refractivity contribution is 14.0. The molecule has 0 spiro atoms. The highest BCUT2D eigenvalue weighted by Crippen LogP contribution is 2.14. The van der Waals surface area contributed by atoms with Crippen LogP contribution in [0.25, 0.3) is 0 Å². The fraction of sp³-hybridized carbons (Fsp3) is 0.750. The third-order valence-corrected chi connectivity index (χ3v) is 4.01. The topological polar surface area (TPSA) is 63.9 Å². The summed E-state index contributed by atoms with van der Waals surface area (Å²) in [6.45, 7) is 4.24. The average Bonchev–Trinajstić information content (AvgIpc) is 2.99. The largest absolute Gasteiger partial charge is 0.385 e. The zero-order valence-electron chi connectivity index (χ0n) is 14.9. The summed E-state index contributed by atoms with van der Waals surface area (Å²) in [4.78, 5) is 6.69. The lowest BCUT2D eigenvalue weighted by molar-refractivity contribution is 0.00989. The molecule has 0 radical (unpaired) electrons. The van der Waals surface area contributed by atoms with Crippen molar-refractivity contribution in [1.82, 2.24) is 20.0 Å². The molecule has 0 aliphatic carbocycles. The molecule has 2 rings (SSSR count). The van der Waals surface area contributed by atoms with E-state index < -0.39 is 0 Å². The number of ether oxygens (including phenoxy) is 2. The smallest absolute Gasteiger partial charge is 0.193 e. The van der Waals surface area contributed by atoms with Gasteiger partial charge in [0.1, 0.15) is 0 Å². The van der Waals surface area contributed by atoms with E-state index in [1.54, 1.807) is 7.11 Å². The van der Waals surface area contributed by atoms with Gasteiger partial charge < -0.3 is 19.7 Å². The van der Waals surface area contributed by atoms with Crippen molar-refractivity contribution in [3.05, 3.63) is 18.0 Å². The van der Waals surface area contributed by atoms with Gasteiger partial charge in [0.2, 0.25) is 0 Å². The van der Waals surface area contributed by atoms with Gasteiger partial charge in [0.05, 0.1) is 12.3 Å². The molecular formula is C16H30IN5O2. The Balaban J connectivity index is 0.00000288. The zero-order valence-corrected chi connectivity index (χ0v) is 17.2. The monoisotopic (exact) mass is 451 g/mol. The fourth-order valence-electron chi connectivity index (χ4n) is 2.76. The summed E-state index contributed by atoms with van der Waals surface area (Å²) in [5.74, 6) is 0.951. The minimum absolute atomic E-state index is 0. The van der Waals surface area contributed by atoms with Crippen LogP contribution in [0.4, 0.5) is 0 Å². The molecular weight excluding hydrogens is 421 g/mol. The number of aliphatic imine (C=N–C) groups is 1. The predicted octanol–water partition coefficient (Wildman–Crippen LogP) is 1.63. The maximum Gasteiger partial charge on any atom is 0.193 e. The number of halogens is 1. The maximum atomic E-state index is 5.90. The SMILES string of the molecule is CN=C(NCc1cnn(C)c1)N1CCC(OCCCOC)CC1.I. The first-order valence-corrected chi connectivity index (χ1v) is 8.26. The van der Waals surface area contributed by atoms with E-state index in [1.165, 1.54) is 0 Å². The van der Waals surface area contributed by atoms with Gasteiger partial charge in [0.25, 0.3) is 0 Å². The first kappa shape index (κ1) is 21.2. The quantitative estimate of drug-likeness (QED) is 0.296. The lowest BCUT2D eigenvalue weighted by Gasteiger charge is -2.34. The van der Waals surface area contributed by atoms with Crippen LogP contribution in [0.2, 0.25) is 0 Å². The van der Waals surface area contributed by atoms with E-state index >= 15 is 0 Å². The van der Waals surface area contributed by atoms with Gasteiger partial charge in [0.15, 0.2) is 5.96 Å². The molecule has 2 heterocycles. The summed E-state index contributed by atoms with van der Waals surface area (Å²) in [6, 6.07) is 0. The van der Waals surface area contributed by atoms with Crippen molar-refractivity contribution < 1.29 is 9.47 Å². The molecule has 1 aromatic rings. The summed E-state index contributed by atoms with van der Waals surface area (Å²) >= 11 is 0. The fourth-order valence-corrected chi connectivity index (χ4v) is 2.76. The van der Waals surface area contributed by atoms with Crippen LogP contribution < -0.4 is 5.32 Å². The summed E-state index contributed by atoms with van der Waals surface area (Å²) in [5, 5.41) is 7.59. The van der Waals surface area contributed by atoms with Crippen LogP contribution in [0.15, 0.2) is 17.4 Å². The van der Waals surface area contributed by atoms with Crippen LogP contribution in [-0.2, 0) is 23.1 Å². The molecule has 1 N–H and O–H groups in total. The zero-order chi connectivity index (χ0) is 16.5. The second-order valence-electron chi connectivity index (χ2n) is 5.83. The molecule has 7 nitrogen and oxygen atoms in total. The molecule has 8 heteroatoms. The van der Waals surface area contributed by atoms with Gasteiger partial charge in [-0.2, -0.15) is 5.10 Å². The molecule has 24 heavy (non-hydrogen) atoms. The summed E-state index contributed by atoms with van der Waals surface area (Å²) in [6.07, 6.45) is 7.30. The van der Waals surface area contributed by atoms with E-state index in [0.717, 1.165) is 63.6 Å². The average molecular weight is 451 g/mol. The Kier molecular flexibility index (Phi) is 10.3. The van der Waals surface area contributed by atoms with E-state index in [-0.39, 0.29) is 24.0 Å². The van der Waals surface area contributed by atoms with Crippen molar-refractivity contribution in [2.24, 2.45) is 12.0 Å². The first-order valence-electron chi connectivity index (χ1n) is 8.26. The normalized spacial score (nSPS) is 16.1. The van der Waals surface area contributed by atoms with E-state index in [0.29, 0.717) is 6.10 Å². The predicted molar refractivity (Wildman–Crippen MR) is 106 cm³/mol. The number of nitrogens with one attached hydrogen (secondary N) is 1. The van der Waals surface area contributed by atoms with E-state index in [9.17, 15) is 0 Å². The molecule has 138 valence electrons. The van der Waals surface area contributed by atoms with Crippen molar-refractivity contribution in [1.29, 1.82) is 0 Å². The molecule has 1 aromatic heterocycles. The molecule has 1 saturated heterocycles. The molecule has 0 saturated carbocycles. The Morgan fingerprint density at radius 3 is 2.71 bits per heavy atom. The number of aryl methyl sites for hydroxylation is 1. The Morgan fingerprint density at radius 1 is 1.38 bits per heavy atom.